The minimum absolute atomic E-state index is 0.121. The molecule has 0 aromatic carbocycles. The van der Waals surface area contributed by atoms with Gasteiger partial charge in [-0.25, -0.2) is 9.97 Å². The first-order valence-electron chi connectivity index (χ1n) is 6.66. The van der Waals surface area contributed by atoms with Gasteiger partial charge in [-0.15, -0.1) is 0 Å². The molecule has 1 unspecified atom stereocenters. The normalized spacial score (nSPS) is 18.5. The highest BCUT2D eigenvalue weighted by molar-refractivity contribution is 6.30. The fraction of sp³-hybridized carbons (Fsp3) is 0.615. The number of aryl methyl sites for hydroxylation is 1. The van der Waals surface area contributed by atoms with Crippen molar-refractivity contribution in [3.63, 3.8) is 0 Å². The highest BCUT2D eigenvalue weighted by Crippen LogP contribution is 2.20. The summed E-state index contributed by atoms with van der Waals surface area (Å²) < 4.78 is 0. The third-order valence-corrected chi connectivity index (χ3v) is 3.58. The van der Waals surface area contributed by atoms with E-state index in [-0.39, 0.29) is 11.9 Å². The zero-order valence-corrected chi connectivity index (χ0v) is 12.0. The topological polar surface area (TPSA) is 66.9 Å². The lowest BCUT2D eigenvalue weighted by Gasteiger charge is -2.14. The molecule has 1 saturated heterocycles. The number of aromatic nitrogens is 2. The number of nitrogens with zero attached hydrogens (tertiary/aromatic N) is 2. The van der Waals surface area contributed by atoms with Gasteiger partial charge in [-0.3, -0.25) is 4.79 Å². The summed E-state index contributed by atoms with van der Waals surface area (Å²) in [6.07, 6.45) is 3.27. The van der Waals surface area contributed by atoms with E-state index in [4.69, 9.17) is 11.6 Å². The Labute approximate surface area is 118 Å². The molecule has 0 saturated carbocycles. The zero-order chi connectivity index (χ0) is 13.8. The Morgan fingerprint density at radius 2 is 2.26 bits per heavy atom. The van der Waals surface area contributed by atoms with Gasteiger partial charge in [0.15, 0.2) is 0 Å². The fourth-order valence-corrected chi connectivity index (χ4v) is 2.28. The largest absolute Gasteiger partial charge is 0.368 e. The summed E-state index contributed by atoms with van der Waals surface area (Å²) in [6, 6.07) is 0.176. The van der Waals surface area contributed by atoms with Crippen LogP contribution in [-0.4, -0.2) is 28.5 Å². The molecule has 0 spiro atoms. The molecule has 1 aromatic heterocycles. The van der Waals surface area contributed by atoms with Crippen LogP contribution in [-0.2, 0) is 11.2 Å². The van der Waals surface area contributed by atoms with E-state index >= 15 is 0 Å². The standard InChI is InChI=1S/C13H19ClN4O/c1-3-4-10-17-12(14)8(2)13(18-10)15-7-9-5-6-11(19)16-9/h9H,3-7H2,1-2H3,(H,16,19)(H,15,17,18). The highest BCUT2D eigenvalue weighted by Gasteiger charge is 2.20. The van der Waals surface area contributed by atoms with Gasteiger partial charge >= 0.3 is 0 Å². The van der Waals surface area contributed by atoms with Crippen molar-refractivity contribution in [2.45, 2.75) is 45.6 Å². The van der Waals surface area contributed by atoms with Crippen LogP contribution < -0.4 is 10.6 Å². The van der Waals surface area contributed by atoms with Crippen molar-refractivity contribution in [2.24, 2.45) is 0 Å². The monoisotopic (exact) mass is 282 g/mol. The second kappa shape index (κ2) is 6.19. The molecular weight excluding hydrogens is 264 g/mol. The summed E-state index contributed by atoms with van der Waals surface area (Å²) >= 11 is 6.11. The van der Waals surface area contributed by atoms with Crippen molar-refractivity contribution in [3.8, 4) is 0 Å². The first-order valence-corrected chi connectivity index (χ1v) is 7.04. The number of nitrogens with one attached hydrogen (secondary N) is 2. The number of carbonyl (C=O) groups is 1. The van der Waals surface area contributed by atoms with Crippen molar-refractivity contribution in [3.05, 3.63) is 16.5 Å². The lowest BCUT2D eigenvalue weighted by atomic mass is 10.2. The van der Waals surface area contributed by atoms with Crippen molar-refractivity contribution in [1.82, 2.24) is 15.3 Å². The third kappa shape index (κ3) is 3.56. The zero-order valence-electron chi connectivity index (χ0n) is 11.3. The number of halogens is 1. The third-order valence-electron chi connectivity index (χ3n) is 3.21. The van der Waals surface area contributed by atoms with E-state index in [1.165, 1.54) is 0 Å². The summed E-state index contributed by atoms with van der Waals surface area (Å²) in [4.78, 5) is 19.9. The Balaban J connectivity index is 2.04. The van der Waals surface area contributed by atoms with Gasteiger partial charge in [0, 0.05) is 31.0 Å². The molecule has 104 valence electrons. The van der Waals surface area contributed by atoms with E-state index < -0.39 is 0 Å². The van der Waals surface area contributed by atoms with Crippen LogP contribution in [0.15, 0.2) is 0 Å². The van der Waals surface area contributed by atoms with E-state index in [1.807, 2.05) is 6.92 Å². The van der Waals surface area contributed by atoms with Crippen molar-refractivity contribution < 1.29 is 4.79 Å². The van der Waals surface area contributed by atoms with Crippen LogP contribution in [0.5, 0.6) is 0 Å². The van der Waals surface area contributed by atoms with Crippen LogP contribution in [0.4, 0.5) is 5.82 Å². The molecule has 1 fully saturated rings. The van der Waals surface area contributed by atoms with Crippen LogP contribution in [0.1, 0.15) is 37.6 Å². The average Bonchev–Trinajstić information content (AvgIpc) is 2.78. The van der Waals surface area contributed by atoms with E-state index in [0.717, 1.165) is 36.5 Å². The minimum atomic E-state index is 0.121. The molecule has 0 bridgehead atoms. The van der Waals surface area contributed by atoms with E-state index in [2.05, 4.69) is 27.5 Å². The number of anilines is 1. The molecular formula is C13H19ClN4O. The van der Waals surface area contributed by atoms with Gasteiger partial charge in [0.25, 0.3) is 0 Å². The Morgan fingerprint density at radius 1 is 1.47 bits per heavy atom. The van der Waals surface area contributed by atoms with Crippen LogP contribution in [0.25, 0.3) is 0 Å². The maximum atomic E-state index is 11.1. The molecule has 1 aliphatic heterocycles. The molecule has 0 aliphatic carbocycles. The first kappa shape index (κ1) is 14.1. The van der Waals surface area contributed by atoms with E-state index in [0.29, 0.717) is 18.1 Å². The van der Waals surface area contributed by atoms with Crippen LogP contribution in [0, 0.1) is 6.92 Å². The smallest absolute Gasteiger partial charge is 0.220 e. The molecule has 1 aliphatic rings. The Morgan fingerprint density at radius 3 is 2.89 bits per heavy atom. The second-order valence-electron chi connectivity index (χ2n) is 4.84. The summed E-state index contributed by atoms with van der Waals surface area (Å²) in [5, 5.41) is 6.68. The van der Waals surface area contributed by atoms with Gasteiger partial charge in [-0.05, 0) is 19.8 Å². The van der Waals surface area contributed by atoms with Crippen LogP contribution >= 0.6 is 11.6 Å². The molecule has 2 rings (SSSR count). The van der Waals surface area contributed by atoms with E-state index in [9.17, 15) is 4.79 Å². The maximum Gasteiger partial charge on any atom is 0.220 e. The maximum absolute atomic E-state index is 11.1. The lowest BCUT2D eigenvalue weighted by molar-refractivity contribution is -0.119. The summed E-state index contributed by atoms with van der Waals surface area (Å²) in [6.45, 7) is 4.65. The minimum Gasteiger partial charge on any atom is -0.368 e. The molecule has 2 heterocycles. The van der Waals surface area contributed by atoms with Gasteiger partial charge in [0.2, 0.25) is 5.91 Å². The average molecular weight is 283 g/mol. The second-order valence-corrected chi connectivity index (χ2v) is 5.20. The van der Waals surface area contributed by atoms with Crippen LogP contribution in [0.3, 0.4) is 0 Å². The SMILES string of the molecule is CCCc1nc(Cl)c(C)c(NCC2CCC(=O)N2)n1. The van der Waals surface area contributed by atoms with Gasteiger partial charge in [-0.1, -0.05) is 18.5 Å². The predicted octanol–water partition coefficient (Wildman–Crippen LogP) is 2.08. The number of hydrogen-bond acceptors (Lipinski definition) is 4. The molecule has 1 atom stereocenters. The fourth-order valence-electron chi connectivity index (χ4n) is 2.09. The lowest BCUT2D eigenvalue weighted by Crippen LogP contribution is -2.32. The summed E-state index contributed by atoms with van der Waals surface area (Å²) in [7, 11) is 0. The molecule has 5 nitrogen and oxygen atoms in total. The summed E-state index contributed by atoms with van der Waals surface area (Å²) in [5.74, 6) is 1.65. The van der Waals surface area contributed by atoms with Gasteiger partial charge in [0.05, 0.1) is 0 Å². The van der Waals surface area contributed by atoms with Gasteiger partial charge in [0.1, 0.15) is 16.8 Å². The van der Waals surface area contributed by atoms with Crippen molar-refractivity contribution in [1.29, 1.82) is 0 Å². The van der Waals surface area contributed by atoms with Crippen molar-refractivity contribution >= 4 is 23.3 Å². The molecule has 0 radical (unpaired) electrons. The Bertz CT molecular complexity index is 478. The number of amides is 1. The quantitative estimate of drug-likeness (QED) is 0.812. The molecule has 2 N–H and O–H groups in total. The Kier molecular flexibility index (Phi) is 4.58. The van der Waals surface area contributed by atoms with Gasteiger partial charge < -0.3 is 10.6 Å². The number of hydrogen-bond donors (Lipinski definition) is 2. The predicted molar refractivity (Wildman–Crippen MR) is 75.4 cm³/mol. The molecule has 1 aromatic rings. The van der Waals surface area contributed by atoms with Gasteiger partial charge in [-0.2, -0.15) is 0 Å². The van der Waals surface area contributed by atoms with Crippen molar-refractivity contribution in [2.75, 3.05) is 11.9 Å². The molecule has 6 heteroatoms. The number of carbonyl (C=O) groups excluding carboxylic acids is 1. The molecule has 1 amide bonds. The highest BCUT2D eigenvalue weighted by atomic mass is 35.5. The Hall–Kier alpha value is -1.36. The number of rotatable bonds is 5. The first-order chi connectivity index (χ1) is 9.10. The summed E-state index contributed by atoms with van der Waals surface area (Å²) in [5.41, 5.74) is 0.853. The van der Waals surface area contributed by atoms with E-state index in [1.54, 1.807) is 0 Å². The molecule has 19 heavy (non-hydrogen) atoms. The van der Waals surface area contributed by atoms with Crippen LogP contribution in [0.2, 0.25) is 5.15 Å².